The first-order chi connectivity index (χ1) is 10.2. The zero-order chi connectivity index (χ0) is 14.7. The van der Waals surface area contributed by atoms with E-state index in [0.29, 0.717) is 6.04 Å². The lowest BCUT2D eigenvalue weighted by atomic mass is 10.1. The number of hydrogen-bond acceptors (Lipinski definition) is 5. The highest BCUT2D eigenvalue weighted by Gasteiger charge is 2.31. The number of carboxylic acid groups (broad SMARTS) is 1. The average molecular weight is 296 g/mol. The van der Waals surface area contributed by atoms with Gasteiger partial charge in [0.05, 0.1) is 6.54 Å². The molecular weight excluding hydrogens is 268 g/mol. The van der Waals surface area contributed by atoms with Gasteiger partial charge >= 0.3 is 5.97 Å². The maximum atomic E-state index is 10.9. The Morgan fingerprint density at radius 3 is 2.57 bits per heavy atom. The summed E-state index contributed by atoms with van der Waals surface area (Å²) in [5.74, 6) is -0.708. The van der Waals surface area contributed by atoms with E-state index in [9.17, 15) is 4.79 Å². The molecule has 0 spiro atoms. The maximum absolute atomic E-state index is 10.9. The summed E-state index contributed by atoms with van der Waals surface area (Å²) in [4.78, 5) is 18.3. The number of hydrogen-bond donors (Lipinski definition) is 2. The molecule has 2 N–H and O–H groups in total. The van der Waals surface area contributed by atoms with Gasteiger partial charge in [0.15, 0.2) is 0 Å². The van der Waals surface area contributed by atoms with Crippen molar-refractivity contribution in [2.75, 3.05) is 58.9 Å². The van der Waals surface area contributed by atoms with Crippen molar-refractivity contribution in [1.29, 1.82) is 0 Å². The van der Waals surface area contributed by atoms with Crippen molar-refractivity contribution in [2.24, 2.45) is 0 Å². The number of carboxylic acids is 1. The fourth-order valence-electron chi connectivity index (χ4n) is 3.59. The monoisotopic (exact) mass is 296 g/mol. The van der Waals surface area contributed by atoms with Gasteiger partial charge in [-0.15, -0.1) is 0 Å². The van der Waals surface area contributed by atoms with Gasteiger partial charge in [0.1, 0.15) is 0 Å². The van der Waals surface area contributed by atoms with Crippen LogP contribution < -0.4 is 5.32 Å². The standard InChI is InChI=1S/C15H28N4O2/c20-15(21)12-19-6-4-16-11-14(19)3-5-17-7-9-18(10-8-17)13-1-2-13/h13-14,16H,1-12H2,(H,20,21). The van der Waals surface area contributed by atoms with Crippen molar-refractivity contribution in [3.8, 4) is 0 Å². The first-order valence-corrected chi connectivity index (χ1v) is 8.35. The number of piperazine rings is 2. The molecule has 0 amide bonds. The van der Waals surface area contributed by atoms with Crippen LogP contribution in [0.1, 0.15) is 19.3 Å². The minimum absolute atomic E-state index is 0.182. The number of aliphatic carboxylic acids is 1. The van der Waals surface area contributed by atoms with Crippen molar-refractivity contribution in [3.05, 3.63) is 0 Å². The quantitative estimate of drug-likeness (QED) is 0.690. The molecular formula is C15H28N4O2. The van der Waals surface area contributed by atoms with E-state index >= 15 is 0 Å². The smallest absolute Gasteiger partial charge is 0.317 e. The first kappa shape index (κ1) is 15.2. The lowest BCUT2D eigenvalue weighted by Gasteiger charge is -2.38. The van der Waals surface area contributed by atoms with Crippen LogP contribution in [-0.2, 0) is 4.79 Å². The third-order valence-corrected chi connectivity index (χ3v) is 5.06. The zero-order valence-corrected chi connectivity index (χ0v) is 12.8. The molecule has 1 aliphatic carbocycles. The second-order valence-electron chi connectivity index (χ2n) is 6.62. The molecule has 1 atom stereocenters. The molecule has 6 heteroatoms. The molecule has 0 bridgehead atoms. The molecule has 3 rings (SSSR count). The molecule has 0 aromatic carbocycles. The van der Waals surface area contributed by atoms with Gasteiger partial charge in [0.25, 0.3) is 0 Å². The highest BCUT2D eigenvalue weighted by atomic mass is 16.4. The third kappa shape index (κ3) is 4.39. The van der Waals surface area contributed by atoms with E-state index in [-0.39, 0.29) is 6.54 Å². The van der Waals surface area contributed by atoms with Crippen LogP contribution >= 0.6 is 0 Å². The van der Waals surface area contributed by atoms with Gasteiger partial charge in [-0.1, -0.05) is 0 Å². The van der Waals surface area contributed by atoms with Gasteiger partial charge in [0, 0.05) is 57.9 Å². The molecule has 0 aromatic heterocycles. The average Bonchev–Trinajstić information content (AvgIpc) is 3.31. The highest BCUT2D eigenvalue weighted by Crippen LogP contribution is 2.27. The molecule has 0 radical (unpaired) electrons. The first-order valence-electron chi connectivity index (χ1n) is 8.35. The van der Waals surface area contributed by atoms with Crippen LogP contribution in [0.5, 0.6) is 0 Å². The third-order valence-electron chi connectivity index (χ3n) is 5.06. The molecule has 21 heavy (non-hydrogen) atoms. The maximum Gasteiger partial charge on any atom is 0.317 e. The fraction of sp³-hybridized carbons (Fsp3) is 0.933. The molecule has 3 fully saturated rings. The molecule has 2 saturated heterocycles. The molecule has 2 heterocycles. The Kier molecular flexibility index (Phi) is 5.11. The predicted octanol–water partition coefficient (Wildman–Crippen LogP) is -0.485. The van der Waals surface area contributed by atoms with Crippen LogP contribution in [0, 0.1) is 0 Å². The summed E-state index contributed by atoms with van der Waals surface area (Å²) in [6, 6.07) is 1.26. The summed E-state index contributed by atoms with van der Waals surface area (Å²) in [7, 11) is 0. The lowest BCUT2D eigenvalue weighted by Crippen LogP contribution is -2.54. The Labute approximate surface area is 127 Å². The Hall–Kier alpha value is -0.690. The van der Waals surface area contributed by atoms with Crippen molar-refractivity contribution < 1.29 is 9.90 Å². The molecule has 1 saturated carbocycles. The SMILES string of the molecule is O=C(O)CN1CCNCC1CCN1CCN(C2CC2)CC1. The van der Waals surface area contributed by atoms with E-state index < -0.39 is 5.97 Å². The van der Waals surface area contributed by atoms with Crippen molar-refractivity contribution in [2.45, 2.75) is 31.3 Å². The minimum Gasteiger partial charge on any atom is -0.480 e. The Morgan fingerprint density at radius 2 is 1.90 bits per heavy atom. The summed E-state index contributed by atoms with van der Waals surface area (Å²) >= 11 is 0. The van der Waals surface area contributed by atoms with Crippen LogP contribution in [-0.4, -0.2) is 96.8 Å². The molecule has 3 aliphatic rings. The predicted molar refractivity (Wildman–Crippen MR) is 81.5 cm³/mol. The van der Waals surface area contributed by atoms with Gasteiger partial charge < -0.3 is 15.3 Å². The summed E-state index contributed by atoms with van der Waals surface area (Å²) < 4.78 is 0. The molecule has 2 aliphatic heterocycles. The van der Waals surface area contributed by atoms with Crippen LogP contribution in [0.2, 0.25) is 0 Å². The number of nitrogens with zero attached hydrogens (tertiary/aromatic N) is 3. The summed E-state index contributed by atoms with van der Waals surface area (Å²) in [6.07, 6.45) is 3.87. The zero-order valence-electron chi connectivity index (χ0n) is 12.8. The van der Waals surface area contributed by atoms with E-state index in [0.717, 1.165) is 38.6 Å². The van der Waals surface area contributed by atoms with Crippen molar-refractivity contribution in [1.82, 2.24) is 20.0 Å². The van der Waals surface area contributed by atoms with Gasteiger partial charge in [-0.25, -0.2) is 0 Å². The summed E-state index contributed by atoms with van der Waals surface area (Å²) in [5, 5.41) is 12.4. The summed E-state index contributed by atoms with van der Waals surface area (Å²) in [6.45, 7) is 8.75. The summed E-state index contributed by atoms with van der Waals surface area (Å²) in [5.41, 5.74) is 0. The van der Waals surface area contributed by atoms with E-state index in [1.165, 1.54) is 39.0 Å². The van der Waals surface area contributed by atoms with Crippen LogP contribution in [0.4, 0.5) is 0 Å². The Bertz CT molecular complexity index is 354. The number of rotatable bonds is 6. The van der Waals surface area contributed by atoms with E-state index in [2.05, 4.69) is 20.0 Å². The van der Waals surface area contributed by atoms with Crippen molar-refractivity contribution in [3.63, 3.8) is 0 Å². The van der Waals surface area contributed by atoms with Crippen LogP contribution in [0.25, 0.3) is 0 Å². The number of carbonyl (C=O) groups is 1. The van der Waals surface area contributed by atoms with Gasteiger partial charge in [-0.2, -0.15) is 0 Å². The second-order valence-corrected chi connectivity index (χ2v) is 6.62. The van der Waals surface area contributed by atoms with Crippen molar-refractivity contribution >= 4 is 5.97 Å². The van der Waals surface area contributed by atoms with E-state index in [1.807, 2.05) is 0 Å². The number of nitrogens with one attached hydrogen (secondary N) is 1. The van der Waals surface area contributed by atoms with Gasteiger partial charge in [-0.05, 0) is 25.8 Å². The Balaban J connectivity index is 1.39. The largest absolute Gasteiger partial charge is 0.480 e. The van der Waals surface area contributed by atoms with Gasteiger partial charge in [-0.3, -0.25) is 14.6 Å². The highest BCUT2D eigenvalue weighted by molar-refractivity contribution is 5.69. The lowest BCUT2D eigenvalue weighted by molar-refractivity contribution is -0.139. The molecule has 0 aromatic rings. The minimum atomic E-state index is -0.708. The van der Waals surface area contributed by atoms with Gasteiger partial charge in [0.2, 0.25) is 0 Å². The topological polar surface area (TPSA) is 59.1 Å². The Morgan fingerprint density at radius 1 is 1.14 bits per heavy atom. The molecule has 1 unspecified atom stereocenters. The van der Waals surface area contributed by atoms with E-state index in [1.54, 1.807) is 0 Å². The van der Waals surface area contributed by atoms with E-state index in [4.69, 9.17) is 5.11 Å². The van der Waals surface area contributed by atoms with Crippen LogP contribution in [0.15, 0.2) is 0 Å². The molecule has 6 nitrogen and oxygen atoms in total. The molecule has 120 valence electrons. The van der Waals surface area contributed by atoms with Crippen LogP contribution in [0.3, 0.4) is 0 Å². The second kappa shape index (κ2) is 7.05. The fourth-order valence-corrected chi connectivity index (χ4v) is 3.59. The normalized spacial score (nSPS) is 29.6.